The Labute approximate surface area is 205 Å². The summed E-state index contributed by atoms with van der Waals surface area (Å²) in [6.07, 6.45) is 4.53. The van der Waals surface area contributed by atoms with E-state index in [0.717, 1.165) is 28.8 Å². The number of H-pyrrole nitrogens is 1. The molecule has 0 aliphatic rings. The summed E-state index contributed by atoms with van der Waals surface area (Å²) in [7, 11) is -3.55. The van der Waals surface area contributed by atoms with Crippen LogP contribution >= 0.6 is 0 Å². The predicted molar refractivity (Wildman–Crippen MR) is 139 cm³/mol. The third kappa shape index (κ3) is 3.97. The molecule has 0 radical (unpaired) electrons. The molecule has 3 aromatic heterocycles. The molecule has 0 aliphatic carbocycles. The van der Waals surface area contributed by atoms with Gasteiger partial charge in [0.25, 0.3) is 5.56 Å². The average molecular weight is 507 g/mol. The van der Waals surface area contributed by atoms with Crippen LogP contribution in [-0.4, -0.2) is 34.2 Å². The standard InChI is InChI=1S/C25H23FN6O3S/c1-13(2)32-12-18(15-5-4-6-17-16(15)9-10-28-24(17)33)21-22(27)30-25(31-23(21)32)29-20-8-7-14(11-19(20)26)36(3,34)35/h4-13H,1-3H3,(H,28,33)(H3,27,29,30,31). The van der Waals surface area contributed by atoms with Crippen LogP contribution < -0.4 is 16.6 Å². The van der Waals surface area contributed by atoms with Crippen LogP contribution in [0.3, 0.4) is 0 Å². The lowest BCUT2D eigenvalue weighted by molar-refractivity contribution is 0.596. The maximum Gasteiger partial charge on any atom is 0.255 e. The highest BCUT2D eigenvalue weighted by atomic mass is 32.2. The van der Waals surface area contributed by atoms with Crippen LogP contribution in [0.2, 0.25) is 0 Å². The second-order valence-corrected chi connectivity index (χ2v) is 10.8. The molecule has 9 nitrogen and oxygen atoms in total. The molecular weight excluding hydrogens is 483 g/mol. The van der Waals surface area contributed by atoms with Crippen molar-refractivity contribution in [2.24, 2.45) is 0 Å². The Kier molecular flexibility index (Phi) is 5.51. The molecule has 0 amide bonds. The molecule has 0 fully saturated rings. The molecule has 5 aromatic rings. The number of fused-ring (bicyclic) bond motifs is 2. The van der Waals surface area contributed by atoms with E-state index < -0.39 is 15.7 Å². The lowest BCUT2D eigenvalue weighted by Gasteiger charge is -2.11. The number of rotatable bonds is 5. The number of pyridine rings is 1. The molecule has 0 atom stereocenters. The van der Waals surface area contributed by atoms with Crippen molar-refractivity contribution >= 4 is 49.1 Å². The Morgan fingerprint density at radius 1 is 1.08 bits per heavy atom. The summed E-state index contributed by atoms with van der Waals surface area (Å²) in [5.41, 5.74) is 8.33. The van der Waals surface area contributed by atoms with Crippen molar-refractivity contribution in [2.75, 3.05) is 17.3 Å². The Balaban J connectivity index is 1.68. The zero-order valence-corrected chi connectivity index (χ0v) is 20.5. The van der Waals surface area contributed by atoms with Gasteiger partial charge in [-0.2, -0.15) is 9.97 Å². The minimum Gasteiger partial charge on any atom is -0.383 e. The molecule has 0 saturated heterocycles. The summed E-state index contributed by atoms with van der Waals surface area (Å²) in [4.78, 5) is 23.9. The third-order valence-corrected chi connectivity index (χ3v) is 7.09. The van der Waals surface area contributed by atoms with Crippen LogP contribution in [0.1, 0.15) is 19.9 Å². The number of nitrogens with zero attached hydrogens (tertiary/aromatic N) is 3. The zero-order valence-electron chi connectivity index (χ0n) is 19.7. The number of halogens is 1. The molecule has 11 heteroatoms. The van der Waals surface area contributed by atoms with E-state index in [2.05, 4.69) is 20.3 Å². The van der Waals surface area contributed by atoms with Crippen molar-refractivity contribution in [2.45, 2.75) is 24.8 Å². The van der Waals surface area contributed by atoms with E-state index >= 15 is 0 Å². The fourth-order valence-electron chi connectivity index (χ4n) is 4.23. The number of nitrogens with one attached hydrogen (secondary N) is 2. The maximum atomic E-state index is 14.6. The first kappa shape index (κ1) is 23.5. The summed E-state index contributed by atoms with van der Waals surface area (Å²) in [6.45, 7) is 3.98. The van der Waals surface area contributed by atoms with E-state index in [1.807, 2.05) is 36.7 Å². The summed E-state index contributed by atoms with van der Waals surface area (Å²) < 4.78 is 40.0. The van der Waals surface area contributed by atoms with Crippen molar-refractivity contribution in [3.63, 3.8) is 0 Å². The van der Waals surface area contributed by atoms with Crippen LogP contribution in [0.25, 0.3) is 32.9 Å². The minimum absolute atomic E-state index is 0.00700. The fraction of sp³-hybridized carbons (Fsp3) is 0.160. The highest BCUT2D eigenvalue weighted by Gasteiger charge is 2.21. The van der Waals surface area contributed by atoms with Crippen molar-refractivity contribution in [3.8, 4) is 11.1 Å². The first-order valence-corrected chi connectivity index (χ1v) is 13.0. The number of nitrogens with two attached hydrogens (primary N) is 1. The lowest BCUT2D eigenvalue weighted by Crippen LogP contribution is -2.06. The van der Waals surface area contributed by atoms with Crippen LogP contribution in [0.4, 0.5) is 21.8 Å². The molecular formula is C25H23FN6O3S. The Morgan fingerprint density at radius 2 is 1.86 bits per heavy atom. The molecule has 3 heterocycles. The lowest BCUT2D eigenvalue weighted by atomic mass is 9.99. The number of hydrogen-bond acceptors (Lipinski definition) is 7. The van der Waals surface area contributed by atoms with E-state index in [9.17, 15) is 17.6 Å². The normalized spacial score (nSPS) is 12.0. The van der Waals surface area contributed by atoms with Crippen molar-refractivity contribution in [3.05, 3.63) is 71.0 Å². The highest BCUT2D eigenvalue weighted by molar-refractivity contribution is 7.90. The van der Waals surface area contributed by atoms with Gasteiger partial charge in [-0.3, -0.25) is 4.79 Å². The monoisotopic (exact) mass is 506 g/mol. The molecule has 36 heavy (non-hydrogen) atoms. The van der Waals surface area contributed by atoms with Gasteiger partial charge in [0.2, 0.25) is 5.95 Å². The van der Waals surface area contributed by atoms with Crippen LogP contribution in [0.15, 0.2) is 64.5 Å². The topological polar surface area (TPSA) is 136 Å². The Hall–Kier alpha value is -4.25. The van der Waals surface area contributed by atoms with E-state index in [-0.39, 0.29) is 34.0 Å². The van der Waals surface area contributed by atoms with Crippen molar-refractivity contribution < 1.29 is 12.8 Å². The highest BCUT2D eigenvalue weighted by Crippen LogP contribution is 2.38. The average Bonchev–Trinajstić information content (AvgIpc) is 3.20. The Morgan fingerprint density at radius 3 is 2.56 bits per heavy atom. The van der Waals surface area contributed by atoms with Crippen LogP contribution in [-0.2, 0) is 9.84 Å². The first-order chi connectivity index (χ1) is 17.0. The maximum absolute atomic E-state index is 14.6. The molecule has 184 valence electrons. The smallest absolute Gasteiger partial charge is 0.255 e. The second kappa shape index (κ2) is 8.45. The zero-order chi connectivity index (χ0) is 25.8. The van der Waals surface area contributed by atoms with Gasteiger partial charge in [0, 0.05) is 35.6 Å². The van der Waals surface area contributed by atoms with Gasteiger partial charge in [-0.1, -0.05) is 12.1 Å². The van der Waals surface area contributed by atoms with E-state index in [1.165, 1.54) is 12.1 Å². The number of aromatic amines is 1. The molecule has 0 spiro atoms. The van der Waals surface area contributed by atoms with Gasteiger partial charge in [0.05, 0.1) is 16.0 Å². The van der Waals surface area contributed by atoms with Gasteiger partial charge < -0.3 is 20.6 Å². The van der Waals surface area contributed by atoms with Gasteiger partial charge >= 0.3 is 0 Å². The van der Waals surface area contributed by atoms with Gasteiger partial charge in [-0.05, 0) is 55.1 Å². The summed E-state index contributed by atoms with van der Waals surface area (Å²) >= 11 is 0. The van der Waals surface area contributed by atoms with E-state index in [1.54, 1.807) is 18.3 Å². The molecule has 5 rings (SSSR count). The van der Waals surface area contributed by atoms with Crippen LogP contribution in [0, 0.1) is 5.82 Å². The van der Waals surface area contributed by atoms with Crippen molar-refractivity contribution in [1.82, 2.24) is 19.5 Å². The summed E-state index contributed by atoms with van der Waals surface area (Å²) in [5, 5.41) is 4.72. The number of benzene rings is 2. The number of sulfone groups is 1. The number of hydrogen-bond donors (Lipinski definition) is 3. The first-order valence-electron chi connectivity index (χ1n) is 11.1. The quantitative estimate of drug-likeness (QED) is 0.322. The summed E-state index contributed by atoms with van der Waals surface area (Å²) in [6, 6.07) is 10.9. The molecule has 0 bridgehead atoms. The van der Waals surface area contributed by atoms with Gasteiger partial charge in [-0.25, -0.2) is 12.8 Å². The number of aromatic nitrogens is 4. The second-order valence-electron chi connectivity index (χ2n) is 8.79. The fourth-order valence-corrected chi connectivity index (χ4v) is 4.87. The van der Waals surface area contributed by atoms with Gasteiger partial charge in [0.1, 0.15) is 17.3 Å². The van der Waals surface area contributed by atoms with Crippen LogP contribution in [0.5, 0.6) is 0 Å². The molecule has 0 saturated carbocycles. The van der Waals surface area contributed by atoms with Crippen molar-refractivity contribution in [1.29, 1.82) is 0 Å². The summed E-state index contributed by atoms with van der Waals surface area (Å²) in [5.74, 6) is -0.528. The van der Waals surface area contributed by atoms with Gasteiger partial charge in [-0.15, -0.1) is 0 Å². The molecule has 4 N–H and O–H groups in total. The van der Waals surface area contributed by atoms with Gasteiger partial charge in [0.15, 0.2) is 9.84 Å². The molecule has 2 aromatic carbocycles. The Bertz CT molecular complexity index is 1830. The largest absolute Gasteiger partial charge is 0.383 e. The predicted octanol–water partition coefficient (Wildman–Crippen LogP) is 4.39. The molecule has 0 aliphatic heterocycles. The van der Waals surface area contributed by atoms with E-state index in [4.69, 9.17) is 5.73 Å². The SMILES string of the molecule is CC(C)n1cc(-c2cccc3c(=O)[nH]ccc23)c2c(N)nc(Nc3ccc(S(C)(=O)=O)cc3F)nc21. The molecule has 0 unspecified atom stereocenters. The number of anilines is 3. The van der Waals surface area contributed by atoms with E-state index in [0.29, 0.717) is 16.4 Å². The number of nitrogen functional groups attached to an aromatic ring is 1. The minimum atomic E-state index is -3.55. The third-order valence-electron chi connectivity index (χ3n) is 5.98.